The molecule has 9 atom stereocenters. The molecule has 0 heterocycles. The highest BCUT2D eigenvalue weighted by Gasteiger charge is 2.60. The summed E-state index contributed by atoms with van der Waals surface area (Å²) in [5.74, 6) is 4.42. The number of carbonyl (C=O) groups excluding carboxylic acids is 2. The minimum atomic E-state index is -0.117. The zero-order valence-corrected chi connectivity index (χ0v) is 20.5. The van der Waals surface area contributed by atoms with E-state index in [9.17, 15) is 9.59 Å². The van der Waals surface area contributed by atoms with Gasteiger partial charge in [-0.15, -0.1) is 0 Å². The summed E-state index contributed by atoms with van der Waals surface area (Å²) in [6.07, 6.45) is 13.1. The first-order chi connectivity index (χ1) is 14.7. The first-order valence-corrected chi connectivity index (χ1v) is 12.9. The van der Waals surface area contributed by atoms with Crippen LogP contribution >= 0.6 is 0 Å². The van der Waals surface area contributed by atoms with Crippen LogP contribution in [0.3, 0.4) is 0 Å². The number of carbonyl (C=O) groups is 2. The Hall–Kier alpha value is -1.06. The third-order valence-electron chi connectivity index (χ3n) is 10.7. The molecule has 0 radical (unpaired) electrons. The van der Waals surface area contributed by atoms with Gasteiger partial charge in [-0.1, -0.05) is 20.8 Å². The molecule has 176 valence electrons. The van der Waals surface area contributed by atoms with Gasteiger partial charge in [0.05, 0.1) is 7.11 Å². The average molecular weight is 433 g/mol. The second-order valence-corrected chi connectivity index (χ2v) is 12.0. The van der Waals surface area contributed by atoms with Crippen LogP contribution < -0.4 is 0 Å². The molecule has 0 N–H and O–H groups in total. The van der Waals surface area contributed by atoms with E-state index in [0.717, 1.165) is 42.9 Å². The highest BCUT2D eigenvalue weighted by molar-refractivity contribution is 5.69. The average Bonchev–Trinajstić information content (AvgIpc) is 3.09. The van der Waals surface area contributed by atoms with Crippen LogP contribution in [0.25, 0.3) is 0 Å². The minimum Gasteiger partial charge on any atom is -0.469 e. The topological polar surface area (TPSA) is 52.6 Å². The van der Waals surface area contributed by atoms with Gasteiger partial charge in [-0.05, 0) is 111 Å². The van der Waals surface area contributed by atoms with Crippen LogP contribution in [0.5, 0.6) is 0 Å². The SMILES string of the molecule is COC(=O)CC[C@@H](C)[C@H]1CC[C@H]2[C@@H]3CCC4C[C@H](OC(C)=O)CC[C@]4(C)[C@H]3CC[C@]12C. The standard InChI is InChI=1S/C27H44O4/c1-17(6-11-25(29)30-5)22-9-10-23-21-8-7-19-16-20(31-18(2)28)12-14-26(19,3)24(21)13-15-27(22,23)4/h17,19-24H,6-16H2,1-5H3/t17-,19?,20-,21+,22-,23+,24+,26+,27-/m1/s1. The molecule has 0 spiro atoms. The van der Waals surface area contributed by atoms with Gasteiger partial charge in [-0.25, -0.2) is 0 Å². The Balaban J connectivity index is 1.45. The van der Waals surface area contributed by atoms with Gasteiger partial charge in [0.1, 0.15) is 6.10 Å². The van der Waals surface area contributed by atoms with Gasteiger partial charge in [-0.2, -0.15) is 0 Å². The van der Waals surface area contributed by atoms with E-state index in [0.29, 0.717) is 29.1 Å². The van der Waals surface area contributed by atoms with Crippen molar-refractivity contribution in [2.45, 2.75) is 104 Å². The Kier molecular flexibility index (Phi) is 6.49. The smallest absolute Gasteiger partial charge is 0.305 e. The lowest BCUT2D eigenvalue weighted by atomic mass is 9.44. The summed E-state index contributed by atoms with van der Waals surface area (Å²) in [7, 11) is 1.50. The van der Waals surface area contributed by atoms with Crippen molar-refractivity contribution in [1.29, 1.82) is 0 Å². The Morgan fingerprint density at radius 1 is 0.968 bits per heavy atom. The summed E-state index contributed by atoms with van der Waals surface area (Å²) in [6, 6.07) is 0. The third-order valence-corrected chi connectivity index (χ3v) is 10.7. The zero-order chi connectivity index (χ0) is 22.4. The predicted octanol–water partition coefficient (Wildman–Crippen LogP) is 6.17. The van der Waals surface area contributed by atoms with Crippen LogP contribution in [0.1, 0.15) is 98.3 Å². The molecule has 4 heteroatoms. The molecule has 4 aliphatic rings. The second-order valence-electron chi connectivity index (χ2n) is 12.0. The van der Waals surface area contributed by atoms with E-state index in [1.807, 2.05) is 0 Å². The van der Waals surface area contributed by atoms with Gasteiger partial charge in [-0.3, -0.25) is 9.59 Å². The number of ether oxygens (including phenoxy) is 2. The highest BCUT2D eigenvalue weighted by Crippen LogP contribution is 2.68. The summed E-state index contributed by atoms with van der Waals surface area (Å²) < 4.78 is 10.5. The molecule has 4 saturated carbocycles. The van der Waals surface area contributed by atoms with Gasteiger partial charge in [0.15, 0.2) is 0 Å². The van der Waals surface area contributed by atoms with E-state index >= 15 is 0 Å². The van der Waals surface area contributed by atoms with Gasteiger partial charge >= 0.3 is 11.9 Å². The normalized spacial score (nSPS) is 45.1. The molecule has 4 rings (SSSR count). The van der Waals surface area contributed by atoms with E-state index in [4.69, 9.17) is 9.47 Å². The maximum absolute atomic E-state index is 11.7. The number of hydrogen-bond acceptors (Lipinski definition) is 4. The van der Waals surface area contributed by atoms with Crippen LogP contribution in [0, 0.1) is 46.3 Å². The Labute approximate surface area is 189 Å². The van der Waals surface area contributed by atoms with Crippen molar-refractivity contribution in [1.82, 2.24) is 0 Å². The molecule has 4 aliphatic carbocycles. The second kappa shape index (κ2) is 8.71. The van der Waals surface area contributed by atoms with Crippen molar-refractivity contribution >= 4 is 11.9 Å². The van der Waals surface area contributed by atoms with Crippen LogP contribution in [0.2, 0.25) is 0 Å². The number of esters is 2. The molecule has 0 aliphatic heterocycles. The summed E-state index contributed by atoms with van der Waals surface area (Å²) in [5.41, 5.74) is 0.865. The van der Waals surface area contributed by atoms with E-state index in [2.05, 4.69) is 20.8 Å². The molecule has 31 heavy (non-hydrogen) atoms. The largest absolute Gasteiger partial charge is 0.469 e. The van der Waals surface area contributed by atoms with Crippen LogP contribution in [0.15, 0.2) is 0 Å². The number of methoxy groups -OCH3 is 1. The number of rotatable bonds is 5. The highest BCUT2D eigenvalue weighted by atomic mass is 16.5. The molecule has 0 aromatic carbocycles. The lowest BCUT2D eigenvalue weighted by Crippen LogP contribution is -2.54. The number of fused-ring (bicyclic) bond motifs is 5. The van der Waals surface area contributed by atoms with Crippen molar-refractivity contribution in [3.8, 4) is 0 Å². The first kappa shape index (κ1) is 23.1. The molecule has 4 fully saturated rings. The third kappa shape index (κ3) is 4.06. The summed E-state index contributed by atoms with van der Waals surface area (Å²) in [4.78, 5) is 23.2. The molecule has 0 bridgehead atoms. The van der Waals surface area contributed by atoms with Gasteiger partial charge in [0.25, 0.3) is 0 Å². The van der Waals surface area contributed by atoms with Crippen LogP contribution in [0.4, 0.5) is 0 Å². The molecule has 0 aromatic heterocycles. The molecule has 4 nitrogen and oxygen atoms in total. The fourth-order valence-electron chi connectivity index (χ4n) is 9.18. The van der Waals surface area contributed by atoms with Crippen molar-refractivity contribution in [3.63, 3.8) is 0 Å². The minimum absolute atomic E-state index is 0.0640. The van der Waals surface area contributed by atoms with Crippen LogP contribution in [-0.2, 0) is 19.1 Å². The van der Waals surface area contributed by atoms with E-state index in [-0.39, 0.29) is 18.0 Å². The Morgan fingerprint density at radius 2 is 1.68 bits per heavy atom. The molecular weight excluding hydrogens is 388 g/mol. The van der Waals surface area contributed by atoms with E-state index in [1.165, 1.54) is 52.1 Å². The van der Waals surface area contributed by atoms with Crippen molar-refractivity contribution in [3.05, 3.63) is 0 Å². The van der Waals surface area contributed by atoms with E-state index in [1.54, 1.807) is 6.92 Å². The zero-order valence-electron chi connectivity index (χ0n) is 20.5. The van der Waals surface area contributed by atoms with Crippen molar-refractivity contribution in [2.75, 3.05) is 7.11 Å². The summed E-state index contributed by atoms with van der Waals surface area (Å²) in [5, 5.41) is 0. The first-order valence-electron chi connectivity index (χ1n) is 12.9. The fourth-order valence-corrected chi connectivity index (χ4v) is 9.18. The Bertz CT molecular complexity index is 689. The lowest BCUT2D eigenvalue weighted by molar-refractivity contribution is -0.160. The quantitative estimate of drug-likeness (QED) is 0.488. The lowest BCUT2D eigenvalue weighted by Gasteiger charge is -2.61. The molecular formula is C27H44O4. The Morgan fingerprint density at radius 3 is 2.39 bits per heavy atom. The van der Waals surface area contributed by atoms with Gasteiger partial charge in [0.2, 0.25) is 0 Å². The predicted molar refractivity (Wildman–Crippen MR) is 121 cm³/mol. The summed E-state index contributed by atoms with van der Waals surface area (Å²) >= 11 is 0. The molecule has 0 aromatic rings. The summed E-state index contributed by atoms with van der Waals surface area (Å²) in [6.45, 7) is 9.09. The maximum Gasteiger partial charge on any atom is 0.305 e. The van der Waals surface area contributed by atoms with Gasteiger partial charge in [0, 0.05) is 13.3 Å². The maximum atomic E-state index is 11.7. The number of hydrogen-bond donors (Lipinski definition) is 0. The van der Waals surface area contributed by atoms with Crippen molar-refractivity contribution < 1.29 is 19.1 Å². The molecule has 1 unspecified atom stereocenters. The fraction of sp³-hybridized carbons (Fsp3) is 0.926. The molecule has 0 amide bonds. The van der Waals surface area contributed by atoms with Crippen molar-refractivity contribution in [2.24, 2.45) is 46.3 Å². The monoisotopic (exact) mass is 432 g/mol. The van der Waals surface area contributed by atoms with Gasteiger partial charge < -0.3 is 9.47 Å². The molecule has 0 saturated heterocycles. The van der Waals surface area contributed by atoms with E-state index < -0.39 is 0 Å². The van der Waals surface area contributed by atoms with Crippen LogP contribution in [-0.4, -0.2) is 25.2 Å².